The number of ether oxygens (including phenoxy) is 1. The molecule has 38 heavy (non-hydrogen) atoms. The highest BCUT2D eigenvalue weighted by Crippen LogP contribution is 2.36. The third-order valence-electron chi connectivity index (χ3n) is 7.34. The minimum absolute atomic E-state index is 0.0357. The van der Waals surface area contributed by atoms with Gasteiger partial charge < -0.3 is 19.1 Å². The number of hydrogen-bond acceptors (Lipinski definition) is 5. The average Bonchev–Trinajstić information content (AvgIpc) is 3.23. The number of hydrogen-bond donors (Lipinski definition) is 0. The van der Waals surface area contributed by atoms with Gasteiger partial charge in [0, 0.05) is 55.5 Å². The van der Waals surface area contributed by atoms with Crippen molar-refractivity contribution in [2.45, 2.75) is 52.5 Å². The summed E-state index contributed by atoms with van der Waals surface area (Å²) < 4.78 is 11.4. The summed E-state index contributed by atoms with van der Waals surface area (Å²) in [6.45, 7) is 5.77. The molecule has 1 aliphatic rings. The van der Waals surface area contributed by atoms with E-state index in [1.807, 2.05) is 68.3 Å². The van der Waals surface area contributed by atoms with Gasteiger partial charge in [0.2, 0.25) is 11.8 Å². The maximum Gasteiger partial charge on any atom is 0.223 e. The number of piperidine rings is 1. The highest BCUT2D eigenvalue weighted by atomic mass is 35.5. The second-order valence-corrected chi connectivity index (χ2v) is 10.8. The van der Waals surface area contributed by atoms with Gasteiger partial charge in [-0.15, -0.1) is 0 Å². The fraction of sp³-hybridized carbons (Fsp3) is 0.433. The lowest BCUT2D eigenvalue weighted by Gasteiger charge is -2.43. The molecule has 202 valence electrons. The molecule has 0 spiro atoms. The van der Waals surface area contributed by atoms with Crippen molar-refractivity contribution in [3.05, 3.63) is 82.2 Å². The molecule has 0 N–H and O–H groups in total. The van der Waals surface area contributed by atoms with Crippen LogP contribution in [0.1, 0.15) is 48.3 Å². The van der Waals surface area contributed by atoms with Crippen LogP contribution in [-0.2, 0) is 22.6 Å². The number of nitrogens with zero attached hydrogens (tertiary/aromatic N) is 3. The number of aryl methyl sites for hydroxylation is 2. The molecule has 8 heteroatoms. The van der Waals surface area contributed by atoms with Gasteiger partial charge >= 0.3 is 0 Å². The molecule has 2 aromatic carbocycles. The molecule has 0 bridgehead atoms. The molecule has 1 unspecified atom stereocenters. The molecule has 0 aliphatic carbocycles. The summed E-state index contributed by atoms with van der Waals surface area (Å²) in [6, 6.07) is 17.2. The lowest BCUT2D eigenvalue weighted by atomic mass is 9.77. The number of aromatic nitrogens is 1. The molecule has 1 fully saturated rings. The molecule has 2 heterocycles. The van der Waals surface area contributed by atoms with Crippen LogP contribution in [0, 0.1) is 19.3 Å². The SMILES string of the molecule is Cc1noc(C)c1CCC(=O)N1CCCC(COc2cccc(Cl)c2)(CC(=O)N(C)Cc2ccccc2)C1. The number of benzene rings is 2. The first kappa shape index (κ1) is 27.7. The highest BCUT2D eigenvalue weighted by molar-refractivity contribution is 6.30. The van der Waals surface area contributed by atoms with E-state index < -0.39 is 5.41 Å². The molecule has 7 nitrogen and oxygen atoms in total. The number of rotatable bonds is 10. The molecule has 1 atom stereocenters. The molecule has 4 rings (SSSR count). The van der Waals surface area contributed by atoms with E-state index in [1.54, 1.807) is 17.0 Å². The number of likely N-dealkylation sites (tertiary alicyclic amines) is 1. The topological polar surface area (TPSA) is 75.9 Å². The Morgan fingerprint density at radius 3 is 2.66 bits per heavy atom. The van der Waals surface area contributed by atoms with Crippen LogP contribution < -0.4 is 4.74 Å². The smallest absolute Gasteiger partial charge is 0.223 e. The first-order valence-electron chi connectivity index (χ1n) is 13.1. The molecule has 1 aromatic heterocycles. The van der Waals surface area contributed by atoms with Crippen molar-refractivity contribution in [1.29, 1.82) is 0 Å². The standard InChI is InChI=1S/C30H36ClN3O4/c1-22-27(23(2)38-32-22)13-14-28(35)34-16-8-15-30(20-34,21-37-26-12-7-11-25(31)17-26)18-29(36)33(3)19-24-9-5-4-6-10-24/h4-7,9-12,17H,8,13-16,18-21H2,1-3H3. The summed E-state index contributed by atoms with van der Waals surface area (Å²) in [4.78, 5) is 30.4. The Morgan fingerprint density at radius 2 is 1.95 bits per heavy atom. The van der Waals surface area contributed by atoms with Crippen LogP contribution in [0.25, 0.3) is 0 Å². The summed E-state index contributed by atoms with van der Waals surface area (Å²) >= 11 is 6.16. The molecule has 3 aromatic rings. The minimum atomic E-state index is -0.499. The van der Waals surface area contributed by atoms with Crippen molar-refractivity contribution in [2.24, 2.45) is 5.41 Å². The first-order chi connectivity index (χ1) is 18.2. The first-order valence-corrected chi connectivity index (χ1v) is 13.5. The second-order valence-electron chi connectivity index (χ2n) is 10.4. The second kappa shape index (κ2) is 12.5. The zero-order valence-corrected chi connectivity index (χ0v) is 23.2. The van der Waals surface area contributed by atoms with Crippen LogP contribution >= 0.6 is 11.6 Å². The normalized spacial score (nSPS) is 17.3. The van der Waals surface area contributed by atoms with Gasteiger partial charge in [-0.1, -0.05) is 53.2 Å². The van der Waals surface area contributed by atoms with Crippen LogP contribution in [0.3, 0.4) is 0 Å². The fourth-order valence-corrected chi connectivity index (χ4v) is 5.36. The van der Waals surface area contributed by atoms with Crippen molar-refractivity contribution >= 4 is 23.4 Å². The highest BCUT2D eigenvalue weighted by Gasteiger charge is 2.40. The predicted octanol–water partition coefficient (Wildman–Crippen LogP) is 5.61. The number of amides is 2. The van der Waals surface area contributed by atoms with Crippen molar-refractivity contribution in [3.8, 4) is 5.75 Å². The zero-order chi connectivity index (χ0) is 27.1. The van der Waals surface area contributed by atoms with Gasteiger partial charge in [-0.2, -0.15) is 0 Å². The maximum absolute atomic E-state index is 13.4. The van der Waals surface area contributed by atoms with Gasteiger partial charge in [-0.25, -0.2) is 0 Å². The molecular weight excluding hydrogens is 502 g/mol. The van der Waals surface area contributed by atoms with E-state index in [0.717, 1.165) is 35.4 Å². The van der Waals surface area contributed by atoms with Gasteiger partial charge in [0.25, 0.3) is 0 Å². The summed E-state index contributed by atoms with van der Waals surface area (Å²) in [5.41, 5.74) is 2.39. The zero-order valence-electron chi connectivity index (χ0n) is 22.4. The molecule has 1 saturated heterocycles. The van der Waals surface area contributed by atoms with Crippen LogP contribution in [0.15, 0.2) is 59.1 Å². The van der Waals surface area contributed by atoms with Crippen LogP contribution in [-0.4, -0.2) is 53.5 Å². The Kier molecular flexibility index (Phi) is 9.10. The predicted molar refractivity (Wildman–Crippen MR) is 147 cm³/mol. The van der Waals surface area contributed by atoms with Crippen molar-refractivity contribution < 1.29 is 18.8 Å². The van der Waals surface area contributed by atoms with E-state index in [9.17, 15) is 9.59 Å². The number of carbonyl (C=O) groups excluding carboxylic acids is 2. The molecule has 0 saturated carbocycles. The molecule has 1 aliphatic heterocycles. The average molecular weight is 538 g/mol. The van der Waals surface area contributed by atoms with E-state index in [1.165, 1.54) is 0 Å². The van der Waals surface area contributed by atoms with Crippen molar-refractivity contribution in [2.75, 3.05) is 26.7 Å². The summed E-state index contributed by atoms with van der Waals surface area (Å²) in [5.74, 6) is 1.52. The van der Waals surface area contributed by atoms with Gasteiger partial charge in [0.1, 0.15) is 11.5 Å². The minimum Gasteiger partial charge on any atom is -0.493 e. The van der Waals surface area contributed by atoms with Crippen molar-refractivity contribution in [3.63, 3.8) is 0 Å². The number of carbonyl (C=O) groups is 2. The molecule has 2 amide bonds. The lowest BCUT2D eigenvalue weighted by molar-refractivity contribution is -0.141. The van der Waals surface area contributed by atoms with Gasteiger partial charge in [-0.3, -0.25) is 9.59 Å². The Morgan fingerprint density at radius 1 is 1.16 bits per heavy atom. The summed E-state index contributed by atoms with van der Waals surface area (Å²) in [6.07, 6.45) is 2.86. The van der Waals surface area contributed by atoms with E-state index in [-0.39, 0.29) is 11.8 Å². The molecule has 0 radical (unpaired) electrons. The fourth-order valence-electron chi connectivity index (χ4n) is 5.18. The van der Waals surface area contributed by atoms with Crippen LogP contribution in [0.4, 0.5) is 0 Å². The monoisotopic (exact) mass is 537 g/mol. The van der Waals surface area contributed by atoms with Gasteiger partial charge in [0.05, 0.1) is 12.3 Å². The number of halogens is 1. The third-order valence-corrected chi connectivity index (χ3v) is 7.57. The third kappa shape index (κ3) is 7.16. The van der Waals surface area contributed by atoms with E-state index in [2.05, 4.69) is 5.16 Å². The summed E-state index contributed by atoms with van der Waals surface area (Å²) in [5, 5.41) is 4.59. The maximum atomic E-state index is 13.4. The van der Waals surface area contributed by atoms with E-state index in [0.29, 0.717) is 56.3 Å². The Balaban J connectivity index is 1.47. The van der Waals surface area contributed by atoms with Crippen LogP contribution in [0.5, 0.6) is 5.75 Å². The van der Waals surface area contributed by atoms with Crippen LogP contribution in [0.2, 0.25) is 5.02 Å². The molecular formula is C30H36ClN3O4. The van der Waals surface area contributed by atoms with E-state index >= 15 is 0 Å². The Labute approximate surface area is 229 Å². The lowest BCUT2D eigenvalue weighted by Crippen LogP contribution is -2.50. The largest absolute Gasteiger partial charge is 0.493 e. The Bertz CT molecular complexity index is 1230. The van der Waals surface area contributed by atoms with Gasteiger partial charge in [0.15, 0.2) is 0 Å². The van der Waals surface area contributed by atoms with E-state index in [4.69, 9.17) is 20.9 Å². The summed E-state index contributed by atoms with van der Waals surface area (Å²) in [7, 11) is 1.83. The van der Waals surface area contributed by atoms with Crippen molar-refractivity contribution in [1.82, 2.24) is 15.0 Å². The quantitative estimate of drug-likeness (QED) is 0.336. The van der Waals surface area contributed by atoms with Gasteiger partial charge in [-0.05, 0) is 56.9 Å². The Hall–Kier alpha value is -3.32.